The van der Waals surface area contributed by atoms with Crippen LogP contribution in [0.15, 0.2) is 12.7 Å². The van der Waals surface area contributed by atoms with E-state index in [4.69, 9.17) is 4.74 Å². The van der Waals surface area contributed by atoms with Crippen molar-refractivity contribution in [3.8, 4) is 0 Å². The fourth-order valence-electron chi connectivity index (χ4n) is 1.57. The number of carbonyl (C=O) groups is 1. The highest BCUT2D eigenvalue weighted by Gasteiger charge is 2.16. The minimum atomic E-state index is -0.0612. The lowest BCUT2D eigenvalue weighted by Gasteiger charge is -2.12. The Morgan fingerprint density at radius 3 is 2.60 bits per heavy atom. The number of hydrogen-bond donors (Lipinski definition) is 0. The number of unbranched alkanes of at least 4 members (excludes halogenated alkanes) is 3. The van der Waals surface area contributed by atoms with E-state index in [1.165, 1.54) is 19.3 Å². The van der Waals surface area contributed by atoms with E-state index in [9.17, 15) is 4.79 Å². The van der Waals surface area contributed by atoms with E-state index in [2.05, 4.69) is 13.5 Å². The zero-order valence-electron chi connectivity index (χ0n) is 10.1. The van der Waals surface area contributed by atoms with Gasteiger partial charge >= 0.3 is 5.97 Å². The Balaban J connectivity index is 3.69. The molecule has 0 amide bonds. The van der Waals surface area contributed by atoms with Crippen LogP contribution in [0, 0.1) is 5.92 Å². The molecular weight excluding hydrogens is 188 g/mol. The molecule has 0 N–H and O–H groups in total. The molecule has 0 aromatic carbocycles. The molecule has 0 radical (unpaired) electrons. The molecule has 0 rings (SSSR count). The number of esters is 1. The summed E-state index contributed by atoms with van der Waals surface area (Å²) >= 11 is 0. The lowest BCUT2D eigenvalue weighted by atomic mass is 9.98. The van der Waals surface area contributed by atoms with E-state index in [1.54, 1.807) is 6.08 Å². The highest BCUT2D eigenvalue weighted by Crippen LogP contribution is 2.15. The van der Waals surface area contributed by atoms with Gasteiger partial charge in [0.1, 0.15) is 6.61 Å². The second kappa shape index (κ2) is 9.75. The van der Waals surface area contributed by atoms with Gasteiger partial charge in [-0.2, -0.15) is 0 Å². The molecule has 0 saturated heterocycles. The van der Waals surface area contributed by atoms with Crippen molar-refractivity contribution in [3.63, 3.8) is 0 Å². The van der Waals surface area contributed by atoms with Gasteiger partial charge in [0.25, 0.3) is 0 Å². The van der Waals surface area contributed by atoms with Crippen LogP contribution in [0.4, 0.5) is 0 Å². The molecule has 1 unspecified atom stereocenters. The first-order chi connectivity index (χ1) is 7.26. The van der Waals surface area contributed by atoms with Crippen LogP contribution in [0.5, 0.6) is 0 Å². The molecule has 0 aliphatic carbocycles. The summed E-state index contributed by atoms with van der Waals surface area (Å²) < 4.78 is 5.04. The van der Waals surface area contributed by atoms with Gasteiger partial charge in [-0.3, -0.25) is 4.79 Å². The minimum Gasteiger partial charge on any atom is -0.461 e. The van der Waals surface area contributed by atoms with Gasteiger partial charge in [-0.25, -0.2) is 0 Å². The van der Waals surface area contributed by atoms with Gasteiger partial charge < -0.3 is 4.74 Å². The number of rotatable bonds is 9. The summed E-state index contributed by atoms with van der Waals surface area (Å²) in [6, 6.07) is 0. The quantitative estimate of drug-likeness (QED) is 0.331. The first-order valence-corrected chi connectivity index (χ1v) is 6.03. The fourth-order valence-corrected chi connectivity index (χ4v) is 1.57. The average Bonchev–Trinajstić information content (AvgIpc) is 2.26. The van der Waals surface area contributed by atoms with Crippen LogP contribution in [0.2, 0.25) is 0 Å². The zero-order valence-corrected chi connectivity index (χ0v) is 10.1. The van der Waals surface area contributed by atoms with Gasteiger partial charge in [-0.1, -0.05) is 52.2 Å². The van der Waals surface area contributed by atoms with Crippen LogP contribution in [-0.2, 0) is 9.53 Å². The van der Waals surface area contributed by atoms with Crippen molar-refractivity contribution in [2.45, 2.75) is 52.4 Å². The summed E-state index contributed by atoms with van der Waals surface area (Å²) in [5.41, 5.74) is 0. The molecule has 0 aliphatic heterocycles. The maximum Gasteiger partial charge on any atom is 0.309 e. The molecular formula is C13H24O2. The monoisotopic (exact) mass is 212 g/mol. The molecule has 0 aromatic heterocycles. The van der Waals surface area contributed by atoms with Crippen molar-refractivity contribution in [2.24, 2.45) is 5.92 Å². The molecule has 0 heterocycles. The van der Waals surface area contributed by atoms with Crippen molar-refractivity contribution in [1.82, 2.24) is 0 Å². The number of hydrogen-bond acceptors (Lipinski definition) is 2. The second-order valence-electron chi connectivity index (χ2n) is 3.87. The number of ether oxygens (including phenoxy) is 1. The van der Waals surface area contributed by atoms with Gasteiger partial charge in [-0.05, 0) is 12.8 Å². The standard InChI is InChI=1S/C13H24O2/c1-4-7-8-9-10-12(6-3)13(14)15-11-5-2/h5,12H,2,4,6-11H2,1,3H3. The molecule has 0 aromatic rings. The zero-order chi connectivity index (χ0) is 11.5. The first-order valence-electron chi connectivity index (χ1n) is 6.03. The molecule has 0 spiro atoms. The lowest BCUT2D eigenvalue weighted by molar-refractivity contribution is -0.147. The van der Waals surface area contributed by atoms with Crippen LogP contribution in [-0.4, -0.2) is 12.6 Å². The van der Waals surface area contributed by atoms with E-state index >= 15 is 0 Å². The van der Waals surface area contributed by atoms with Crippen molar-refractivity contribution in [2.75, 3.05) is 6.61 Å². The molecule has 2 nitrogen and oxygen atoms in total. The van der Waals surface area contributed by atoms with E-state index in [0.717, 1.165) is 19.3 Å². The maximum absolute atomic E-state index is 11.5. The number of carbonyl (C=O) groups excluding carboxylic acids is 1. The third-order valence-electron chi connectivity index (χ3n) is 2.58. The Morgan fingerprint density at radius 1 is 1.33 bits per heavy atom. The van der Waals surface area contributed by atoms with E-state index in [1.807, 2.05) is 6.92 Å². The molecule has 2 heteroatoms. The van der Waals surface area contributed by atoms with Crippen molar-refractivity contribution < 1.29 is 9.53 Å². The van der Waals surface area contributed by atoms with Gasteiger partial charge in [0, 0.05) is 0 Å². The summed E-state index contributed by atoms with van der Waals surface area (Å²) in [6.07, 6.45) is 8.31. The average molecular weight is 212 g/mol. The predicted molar refractivity (Wildman–Crippen MR) is 63.7 cm³/mol. The Bertz CT molecular complexity index is 175. The summed E-state index contributed by atoms with van der Waals surface area (Å²) in [5.74, 6) is 0.0238. The Labute approximate surface area is 93.7 Å². The van der Waals surface area contributed by atoms with Crippen LogP contribution < -0.4 is 0 Å². The third-order valence-corrected chi connectivity index (χ3v) is 2.58. The molecule has 0 saturated carbocycles. The summed E-state index contributed by atoms with van der Waals surface area (Å²) in [6.45, 7) is 8.10. The summed E-state index contributed by atoms with van der Waals surface area (Å²) in [5, 5.41) is 0. The van der Waals surface area contributed by atoms with Crippen molar-refractivity contribution in [3.05, 3.63) is 12.7 Å². The maximum atomic E-state index is 11.5. The third kappa shape index (κ3) is 7.18. The minimum absolute atomic E-state index is 0.0612. The van der Waals surface area contributed by atoms with Gasteiger partial charge in [-0.15, -0.1) is 0 Å². The summed E-state index contributed by atoms with van der Waals surface area (Å²) in [7, 11) is 0. The van der Waals surface area contributed by atoms with Crippen LogP contribution >= 0.6 is 0 Å². The molecule has 0 aliphatic rings. The second-order valence-corrected chi connectivity index (χ2v) is 3.87. The normalized spacial score (nSPS) is 12.1. The highest BCUT2D eigenvalue weighted by atomic mass is 16.5. The Kier molecular flexibility index (Phi) is 9.24. The molecule has 0 bridgehead atoms. The molecule has 88 valence electrons. The fraction of sp³-hybridized carbons (Fsp3) is 0.769. The molecule has 0 fully saturated rings. The largest absolute Gasteiger partial charge is 0.461 e. The molecule has 15 heavy (non-hydrogen) atoms. The van der Waals surface area contributed by atoms with E-state index < -0.39 is 0 Å². The van der Waals surface area contributed by atoms with Gasteiger partial charge in [0.05, 0.1) is 5.92 Å². The predicted octanol–water partition coefficient (Wildman–Crippen LogP) is 3.71. The van der Waals surface area contributed by atoms with E-state index in [-0.39, 0.29) is 11.9 Å². The van der Waals surface area contributed by atoms with Crippen LogP contribution in [0.1, 0.15) is 52.4 Å². The van der Waals surface area contributed by atoms with Gasteiger partial charge in [0.2, 0.25) is 0 Å². The highest BCUT2D eigenvalue weighted by molar-refractivity contribution is 5.72. The first kappa shape index (κ1) is 14.2. The Morgan fingerprint density at radius 2 is 2.07 bits per heavy atom. The lowest BCUT2D eigenvalue weighted by Crippen LogP contribution is -2.17. The van der Waals surface area contributed by atoms with E-state index in [0.29, 0.717) is 6.61 Å². The van der Waals surface area contributed by atoms with Gasteiger partial charge in [0.15, 0.2) is 0 Å². The Hall–Kier alpha value is -0.790. The van der Waals surface area contributed by atoms with Crippen LogP contribution in [0.3, 0.4) is 0 Å². The van der Waals surface area contributed by atoms with Crippen molar-refractivity contribution >= 4 is 5.97 Å². The molecule has 1 atom stereocenters. The summed E-state index contributed by atoms with van der Waals surface area (Å²) in [4.78, 5) is 11.5. The topological polar surface area (TPSA) is 26.3 Å². The van der Waals surface area contributed by atoms with Crippen molar-refractivity contribution in [1.29, 1.82) is 0 Å². The smallest absolute Gasteiger partial charge is 0.309 e. The van der Waals surface area contributed by atoms with Crippen LogP contribution in [0.25, 0.3) is 0 Å². The SMILES string of the molecule is C=CCOC(=O)C(CC)CCCCCC.